The van der Waals surface area contributed by atoms with Crippen molar-refractivity contribution < 1.29 is 18.3 Å². The molecule has 134 valence electrons. The number of likely N-dealkylation sites (N-methyl/N-ethyl adjacent to an activating group) is 1. The molecule has 1 atom stereocenters. The van der Waals surface area contributed by atoms with E-state index in [0.717, 1.165) is 18.6 Å². The maximum Gasteiger partial charge on any atom is 0.410 e. The third kappa shape index (κ3) is 4.66. The number of ether oxygens (including phenoxy) is 1. The Bertz CT molecular complexity index is 619. The van der Waals surface area contributed by atoms with Crippen molar-refractivity contribution in [2.24, 2.45) is 0 Å². The Morgan fingerprint density at radius 3 is 2.62 bits per heavy atom. The van der Waals surface area contributed by atoms with Crippen LogP contribution >= 0.6 is 15.9 Å². The van der Waals surface area contributed by atoms with Crippen LogP contribution in [0.25, 0.3) is 0 Å². The SMILES string of the molecule is CN(C(=O)OC(C)(C)C)[C@@H]1CCN(Cc2c(F)ccc(F)c2Br)C1. The number of hydrogen-bond acceptors (Lipinski definition) is 3. The van der Waals surface area contributed by atoms with Gasteiger partial charge in [-0.15, -0.1) is 0 Å². The lowest BCUT2D eigenvalue weighted by Gasteiger charge is -2.28. The van der Waals surface area contributed by atoms with Gasteiger partial charge in [0.15, 0.2) is 0 Å². The summed E-state index contributed by atoms with van der Waals surface area (Å²) in [6, 6.07) is 2.23. The van der Waals surface area contributed by atoms with Gasteiger partial charge in [0, 0.05) is 38.3 Å². The molecule has 0 aliphatic carbocycles. The van der Waals surface area contributed by atoms with Crippen molar-refractivity contribution in [1.29, 1.82) is 0 Å². The van der Waals surface area contributed by atoms with Crippen molar-refractivity contribution in [2.75, 3.05) is 20.1 Å². The van der Waals surface area contributed by atoms with Gasteiger partial charge in [-0.05, 0) is 55.3 Å². The minimum Gasteiger partial charge on any atom is -0.444 e. The summed E-state index contributed by atoms with van der Waals surface area (Å²) in [6.45, 7) is 7.07. The molecule has 1 aliphatic rings. The Morgan fingerprint density at radius 2 is 2.00 bits per heavy atom. The third-order valence-electron chi connectivity index (χ3n) is 4.00. The molecule has 0 spiro atoms. The van der Waals surface area contributed by atoms with Crippen LogP contribution in [0.15, 0.2) is 16.6 Å². The second-order valence-electron chi connectivity index (χ2n) is 7.09. The Morgan fingerprint density at radius 1 is 1.38 bits per heavy atom. The zero-order valence-electron chi connectivity index (χ0n) is 14.4. The number of carbonyl (C=O) groups is 1. The summed E-state index contributed by atoms with van der Waals surface area (Å²) in [4.78, 5) is 15.7. The van der Waals surface area contributed by atoms with Crippen molar-refractivity contribution in [3.63, 3.8) is 0 Å². The second kappa shape index (κ2) is 7.35. The second-order valence-corrected chi connectivity index (χ2v) is 7.88. The van der Waals surface area contributed by atoms with Gasteiger partial charge in [0.25, 0.3) is 0 Å². The molecule has 4 nitrogen and oxygen atoms in total. The average molecular weight is 405 g/mol. The van der Waals surface area contributed by atoms with Crippen LogP contribution in [0, 0.1) is 11.6 Å². The van der Waals surface area contributed by atoms with Gasteiger partial charge in [0.1, 0.15) is 17.2 Å². The summed E-state index contributed by atoms with van der Waals surface area (Å²) in [5.41, 5.74) is -0.241. The van der Waals surface area contributed by atoms with Gasteiger partial charge < -0.3 is 9.64 Å². The molecule has 0 N–H and O–H groups in total. The molecule has 0 bridgehead atoms. The van der Waals surface area contributed by atoms with E-state index in [2.05, 4.69) is 15.9 Å². The van der Waals surface area contributed by atoms with Gasteiger partial charge in [-0.2, -0.15) is 0 Å². The van der Waals surface area contributed by atoms with Crippen LogP contribution in [0.1, 0.15) is 32.8 Å². The highest BCUT2D eigenvalue weighted by Crippen LogP contribution is 2.27. The molecule has 0 aromatic heterocycles. The van der Waals surface area contributed by atoms with Crippen molar-refractivity contribution in [2.45, 2.75) is 45.4 Å². The Labute approximate surface area is 149 Å². The standard InChI is InChI=1S/C17H23BrF2N2O2/c1-17(2,3)24-16(23)21(4)11-7-8-22(9-11)10-12-13(19)5-6-14(20)15(12)18/h5-6,11H,7-10H2,1-4H3/t11-/m1/s1. The van der Waals surface area contributed by atoms with E-state index in [1.54, 1.807) is 11.9 Å². The molecule has 1 aromatic carbocycles. The molecule has 24 heavy (non-hydrogen) atoms. The van der Waals surface area contributed by atoms with Crippen LogP contribution in [-0.4, -0.2) is 47.7 Å². The molecule has 7 heteroatoms. The van der Waals surface area contributed by atoms with E-state index in [9.17, 15) is 13.6 Å². The van der Waals surface area contributed by atoms with Crippen LogP contribution in [0.5, 0.6) is 0 Å². The lowest BCUT2D eigenvalue weighted by Crippen LogP contribution is -2.42. The van der Waals surface area contributed by atoms with Crippen molar-refractivity contribution in [1.82, 2.24) is 9.80 Å². The smallest absolute Gasteiger partial charge is 0.410 e. The number of halogens is 3. The predicted octanol–water partition coefficient (Wildman–Crippen LogP) is 4.17. The predicted molar refractivity (Wildman–Crippen MR) is 91.7 cm³/mol. The van der Waals surface area contributed by atoms with Crippen molar-refractivity contribution >= 4 is 22.0 Å². The number of nitrogens with zero attached hydrogens (tertiary/aromatic N) is 2. The maximum atomic E-state index is 13.9. The summed E-state index contributed by atoms with van der Waals surface area (Å²) >= 11 is 3.11. The first kappa shape index (κ1) is 19.1. The Kier molecular flexibility index (Phi) is 5.86. The summed E-state index contributed by atoms with van der Waals surface area (Å²) < 4.78 is 33.1. The molecule has 0 radical (unpaired) electrons. The molecule has 1 amide bonds. The first-order valence-corrected chi connectivity index (χ1v) is 8.68. The van der Waals surface area contributed by atoms with Gasteiger partial charge >= 0.3 is 6.09 Å². The summed E-state index contributed by atoms with van der Waals surface area (Å²) in [5, 5.41) is 0. The zero-order valence-corrected chi connectivity index (χ0v) is 16.0. The normalized spacial score (nSPS) is 18.7. The zero-order chi connectivity index (χ0) is 18.1. The van der Waals surface area contributed by atoms with Gasteiger partial charge in [-0.1, -0.05) is 0 Å². The van der Waals surface area contributed by atoms with Crippen molar-refractivity contribution in [3.8, 4) is 0 Å². The van der Waals surface area contributed by atoms with E-state index in [1.807, 2.05) is 25.7 Å². The third-order valence-corrected chi connectivity index (χ3v) is 4.85. The van der Waals surface area contributed by atoms with E-state index >= 15 is 0 Å². The molecule has 1 fully saturated rings. The van der Waals surface area contributed by atoms with Crippen LogP contribution in [0.2, 0.25) is 0 Å². The Hall–Kier alpha value is -1.21. The van der Waals surface area contributed by atoms with Gasteiger partial charge in [-0.3, -0.25) is 4.90 Å². The molecule has 1 heterocycles. The first-order chi connectivity index (χ1) is 11.1. The number of rotatable bonds is 3. The van der Waals surface area contributed by atoms with Crippen LogP contribution in [-0.2, 0) is 11.3 Å². The van der Waals surface area contributed by atoms with E-state index < -0.39 is 17.2 Å². The largest absolute Gasteiger partial charge is 0.444 e. The molecule has 0 saturated carbocycles. The van der Waals surface area contributed by atoms with E-state index in [0.29, 0.717) is 25.2 Å². The molecule has 1 aromatic rings. The van der Waals surface area contributed by atoms with E-state index in [1.165, 1.54) is 0 Å². The topological polar surface area (TPSA) is 32.8 Å². The summed E-state index contributed by atoms with van der Waals surface area (Å²) in [6.07, 6.45) is 0.400. The number of likely N-dealkylation sites (tertiary alicyclic amines) is 1. The monoisotopic (exact) mass is 404 g/mol. The van der Waals surface area contributed by atoms with E-state index in [-0.39, 0.29) is 16.6 Å². The first-order valence-electron chi connectivity index (χ1n) is 7.89. The highest BCUT2D eigenvalue weighted by Gasteiger charge is 2.31. The highest BCUT2D eigenvalue weighted by molar-refractivity contribution is 9.10. The van der Waals surface area contributed by atoms with E-state index in [4.69, 9.17) is 4.74 Å². The number of benzene rings is 1. The average Bonchev–Trinajstić information content (AvgIpc) is 2.93. The Balaban J connectivity index is 1.99. The van der Waals surface area contributed by atoms with Gasteiger partial charge in [-0.25, -0.2) is 13.6 Å². The van der Waals surface area contributed by atoms with Crippen LogP contribution in [0.4, 0.5) is 13.6 Å². The molecule has 1 aliphatic heterocycles. The van der Waals surface area contributed by atoms with Crippen LogP contribution in [0.3, 0.4) is 0 Å². The molecule has 0 unspecified atom stereocenters. The quantitative estimate of drug-likeness (QED) is 0.708. The number of carbonyl (C=O) groups excluding carboxylic acids is 1. The lowest BCUT2D eigenvalue weighted by molar-refractivity contribution is 0.0228. The summed E-state index contributed by atoms with van der Waals surface area (Å²) in [7, 11) is 1.71. The molecular weight excluding hydrogens is 382 g/mol. The molecule has 2 rings (SSSR count). The maximum absolute atomic E-state index is 13.9. The van der Waals surface area contributed by atoms with Crippen LogP contribution < -0.4 is 0 Å². The summed E-state index contributed by atoms with van der Waals surface area (Å²) in [5.74, 6) is -0.916. The lowest BCUT2D eigenvalue weighted by atomic mass is 10.2. The minimum absolute atomic E-state index is 0.00440. The van der Waals surface area contributed by atoms with Crippen molar-refractivity contribution in [3.05, 3.63) is 33.8 Å². The fourth-order valence-corrected chi connectivity index (χ4v) is 3.14. The van der Waals surface area contributed by atoms with Gasteiger partial charge in [0.05, 0.1) is 4.47 Å². The fourth-order valence-electron chi connectivity index (χ4n) is 2.69. The molecule has 1 saturated heterocycles. The van der Waals surface area contributed by atoms with Gasteiger partial charge in [0.2, 0.25) is 0 Å². The number of hydrogen-bond donors (Lipinski definition) is 0. The molecular formula is C17H23BrF2N2O2. The fraction of sp³-hybridized carbons (Fsp3) is 0.588. The number of amides is 1. The minimum atomic E-state index is -0.542. The highest BCUT2D eigenvalue weighted by atomic mass is 79.9.